The van der Waals surface area contributed by atoms with Gasteiger partial charge in [-0.25, -0.2) is 0 Å². The average molecular weight is 487 g/mol. The van der Waals surface area contributed by atoms with Crippen LogP contribution in [0.2, 0.25) is 0 Å². The number of aromatic nitrogens is 1. The van der Waals surface area contributed by atoms with Gasteiger partial charge >= 0.3 is 5.97 Å². The second-order valence-electron chi connectivity index (χ2n) is 9.80. The molecule has 7 heteroatoms. The highest BCUT2D eigenvalue weighted by molar-refractivity contribution is 7.99. The van der Waals surface area contributed by atoms with Crippen LogP contribution in [0.3, 0.4) is 0 Å². The molecule has 0 spiro atoms. The number of fused-ring (bicyclic) bond motifs is 1. The lowest BCUT2D eigenvalue weighted by atomic mass is 9.81. The van der Waals surface area contributed by atoms with E-state index in [1.807, 2.05) is 24.3 Å². The van der Waals surface area contributed by atoms with Crippen LogP contribution in [-0.2, 0) is 4.79 Å². The molecule has 2 N–H and O–H groups in total. The van der Waals surface area contributed by atoms with E-state index in [4.69, 9.17) is 4.74 Å². The molecule has 2 heterocycles. The summed E-state index contributed by atoms with van der Waals surface area (Å²) in [5.41, 5.74) is 1.65. The first-order valence-electron chi connectivity index (χ1n) is 12.7. The third-order valence-corrected chi connectivity index (χ3v) is 9.05. The van der Waals surface area contributed by atoms with Gasteiger partial charge in [-0.15, -0.1) is 0 Å². The standard InChI is InChI=1S/C27H38N2O4S/c1-33-20-8-9-25-23(17-20)22(11-13-28-25)26(30)10-7-19-12-15-29(18-24(19)27(31)32)14-4-16-34-21-5-2-3-6-21/h8-9,11,13,17,19,21,24,26,30H,2-7,10,12,14-16,18H2,1H3,(H,31,32)/t19-,24+,26+/m1/s1. The Morgan fingerprint density at radius 1 is 1.26 bits per heavy atom. The van der Waals surface area contributed by atoms with Crippen molar-refractivity contribution in [1.29, 1.82) is 0 Å². The maximum absolute atomic E-state index is 12.1. The Balaban J connectivity index is 1.29. The maximum atomic E-state index is 12.1. The summed E-state index contributed by atoms with van der Waals surface area (Å²) in [7, 11) is 1.63. The van der Waals surface area contributed by atoms with Crippen LogP contribution in [0.15, 0.2) is 30.5 Å². The Labute approximate surface area is 207 Å². The van der Waals surface area contributed by atoms with E-state index in [1.54, 1.807) is 13.3 Å². The molecule has 6 nitrogen and oxygen atoms in total. The number of ether oxygens (including phenoxy) is 1. The van der Waals surface area contributed by atoms with E-state index in [1.165, 1.54) is 31.4 Å². The third kappa shape index (κ3) is 6.43. The minimum atomic E-state index is -0.705. The molecule has 1 aliphatic heterocycles. The second-order valence-corrected chi connectivity index (χ2v) is 11.2. The number of nitrogens with zero attached hydrogens (tertiary/aromatic N) is 2. The number of aliphatic hydroxyl groups excluding tert-OH is 1. The summed E-state index contributed by atoms with van der Waals surface area (Å²) in [6.07, 6.45) is 9.82. The van der Waals surface area contributed by atoms with Crippen LogP contribution in [0.5, 0.6) is 5.75 Å². The summed E-state index contributed by atoms with van der Waals surface area (Å²) < 4.78 is 5.34. The summed E-state index contributed by atoms with van der Waals surface area (Å²) in [5.74, 6) is 0.938. The Morgan fingerprint density at radius 3 is 2.85 bits per heavy atom. The van der Waals surface area contributed by atoms with E-state index >= 15 is 0 Å². The van der Waals surface area contributed by atoms with Gasteiger partial charge in [0.05, 0.1) is 24.6 Å². The van der Waals surface area contributed by atoms with Crippen LogP contribution in [0, 0.1) is 11.8 Å². The predicted octanol–water partition coefficient (Wildman–Crippen LogP) is 5.15. The summed E-state index contributed by atoms with van der Waals surface area (Å²) in [4.78, 5) is 18.8. The molecular weight excluding hydrogens is 448 g/mol. The lowest BCUT2D eigenvalue weighted by molar-refractivity contribution is -0.146. The number of thioether (sulfide) groups is 1. The number of aliphatic hydroxyl groups is 1. The van der Waals surface area contributed by atoms with E-state index in [0.717, 1.165) is 53.4 Å². The quantitative estimate of drug-likeness (QED) is 0.425. The average Bonchev–Trinajstić information content (AvgIpc) is 3.38. The second kappa shape index (κ2) is 12.2. The van der Waals surface area contributed by atoms with E-state index in [9.17, 15) is 15.0 Å². The molecule has 2 aromatic rings. The van der Waals surface area contributed by atoms with Gasteiger partial charge in [0.15, 0.2) is 0 Å². The molecular formula is C27H38N2O4S. The molecule has 3 atom stereocenters. The number of hydrogen-bond acceptors (Lipinski definition) is 6. The highest BCUT2D eigenvalue weighted by Gasteiger charge is 2.34. The van der Waals surface area contributed by atoms with Gasteiger partial charge in [-0.2, -0.15) is 11.8 Å². The largest absolute Gasteiger partial charge is 0.497 e. The molecule has 1 saturated carbocycles. The fraction of sp³-hybridized carbons (Fsp3) is 0.630. The predicted molar refractivity (Wildman–Crippen MR) is 137 cm³/mol. The molecule has 186 valence electrons. The Bertz CT molecular complexity index is 949. The molecule has 34 heavy (non-hydrogen) atoms. The normalized spacial score (nSPS) is 22.8. The monoisotopic (exact) mass is 486 g/mol. The molecule has 0 unspecified atom stereocenters. The van der Waals surface area contributed by atoms with Gasteiger partial charge in [-0.05, 0) is 93.1 Å². The molecule has 2 fully saturated rings. The summed E-state index contributed by atoms with van der Waals surface area (Å²) in [5, 5.41) is 22.6. The lowest BCUT2D eigenvalue weighted by Crippen LogP contribution is -2.44. The van der Waals surface area contributed by atoms with Crippen LogP contribution >= 0.6 is 11.8 Å². The number of pyridine rings is 1. The molecule has 0 radical (unpaired) electrons. The van der Waals surface area contributed by atoms with E-state index in [-0.39, 0.29) is 11.8 Å². The van der Waals surface area contributed by atoms with Crippen LogP contribution < -0.4 is 4.74 Å². The van der Waals surface area contributed by atoms with Gasteiger partial charge in [0, 0.05) is 23.4 Å². The van der Waals surface area contributed by atoms with Gasteiger partial charge in [0.2, 0.25) is 0 Å². The molecule has 0 bridgehead atoms. The third-order valence-electron chi connectivity index (χ3n) is 7.58. The Kier molecular flexibility index (Phi) is 9.09. The smallest absolute Gasteiger partial charge is 0.308 e. The number of likely N-dealkylation sites (tertiary alicyclic amines) is 1. The summed E-state index contributed by atoms with van der Waals surface area (Å²) in [6.45, 7) is 2.57. The zero-order valence-electron chi connectivity index (χ0n) is 20.2. The fourth-order valence-corrected chi connectivity index (χ4v) is 6.88. The number of hydrogen-bond donors (Lipinski definition) is 2. The van der Waals surface area contributed by atoms with Crippen molar-refractivity contribution in [1.82, 2.24) is 9.88 Å². The van der Waals surface area contributed by atoms with Crippen LogP contribution in [-0.4, -0.2) is 63.8 Å². The number of carboxylic acid groups (broad SMARTS) is 1. The lowest BCUT2D eigenvalue weighted by Gasteiger charge is -2.37. The van der Waals surface area contributed by atoms with Crippen molar-refractivity contribution in [3.8, 4) is 5.75 Å². The molecule has 2 aliphatic rings. The Hall–Kier alpha value is -1.83. The van der Waals surface area contributed by atoms with Crippen molar-refractivity contribution >= 4 is 28.6 Å². The molecule has 1 aliphatic carbocycles. The van der Waals surface area contributed by atoms with Crippen molar-refractivity contribution < 1.29 is 19.7 Å². The first-order valence-corrected chi connectivity index (χ1v) is 13.8. The van der Waals surface area contributed by atoms with E-state index in [0.29, 0.717) is 19.4 Å². The van der Waals surface area contributed by atoms with Gasteiger partial charge in [0.25, 0.3) is 0 Å². The topological polar surface area (TPSA) is 82.9 Å². The number of carbonyl (C=O) groups is 1. The molecule has 1 saturated heterocycles. The number of rotatable bonds is 11. The maximum Gasteiger partial charge on any atom is 0.308 e. The van der Waals surface area contributed by atoms with Crippen molar-refractivity contribution in [2.45, 2.75) is 62.7 Å². The minimum Gasteiger partial charge on any atom is -0.497 e. The van der Waals surface area contributed by atoms with Crippen LogP contribution in [0.25, 0.3) is 10.9 Å². The molecule has 1 aromatic heterocycles. The number of piperidine rings is 1. The first kappa shape index (κ1) is 25.3. The molecule has 4 rings (SSSR count). The zero-order valence-corrected chi connectivity index (χ0v) is 21.0. The van der Waals surface area contributed by atoms with Crippen LogP contribution in [0.1, 0.15) is 63.0 Å². The fourth-order valence-electron chi connectivity index (χ4n) is 5.58. The van der Waals surface area contributed by atoms with Crippen LogP contribution in [0.4, 0.5) is 0 Å². The van der Waals surface area contributed by atoms with E-state index in [2.05, 4.69) is 21.6 Å². The van der Waals surface area contributed by atoms with E-state index < -0.39 is 12.1 Å². The zero-order chi connectivity index (χ0) is 23.9. The Morgan fingerprint density at radius 2 is 2.09 bits per heavy atom. The molecule has 0 amide bonds. The highest BCUT2D eigenvalue weighted by atomic mass is 32.2. The number of aliphatic carboxylic acids is 1. The van der Waals surface area contributed by atoms with Gasteiger partial charge in [-0.3, -0.25) is 9.78 Å². The first-order chi connectivity index (χ1) is 16.5. The van der Waals surface area contributed by atoms with Crippen molar-refractivity contribution in [2.24, 2.45) is 11.8 Å². The number of methoxy groups -OCH3 is 1. The molecule has 1 aromatic carbocycles. The highest BCUT2D eigenvalue weighted by Crippen LogP contribution is 2.34. The van der Waals surface area contributed by atoms with Gasteiger partial charge < -0.3 is 19.8 Å². The summed E-state index contributed by atoms with van der Waals surface area (Å²) >= 11 is 2.11. The van der Waals surface area contributed by atoms with Crippen molar-refractivity contribution in [3.63, 3.8) is 0 Å². The number of carboxylic acids is 1. The van der Waals surface area contributed by atoms with Gasteiger partial charge in [0.1, 0.15) is 5.75 Å². The number of benzene rings is 1. The van der Waals surface area contributed by atoms with Gasteiger partial charge in [-0.1, -0.05) is 12.8 Å². The summed E-state index contributed by atoms with van der Waals surface area (Å²) in [6, 6.07) is 7.52. The minimum absolute atomic E-state index is 0.0962. The van der Waals surface area contributed by atoms with Crippen molar-refractivity contribution in [3.05, 3.63) is 36.0 Å². The SMILES string of the molecule is COc1ccc2nccc([C@@H](O)CC[C@@H]3CCN(CCCSC4CCCC4)C[C@@H]3C(=O)O)c2c1. The van der Waals surface area contributed by atoms with Crippen molar-refractivity contribution in [2.75, 3.05) is 32.5 Å².